The van der Waals surface area contributed by atoms with Crippen molar-refractivity contribution in [2.24, 2.45) is 0 Å². The van der Waals surface area contributed by atoms with Gasteiger partial charge in [-0.15, -0.1) is 0 Å². The molecule has 0 unspecified atom stereocenters. The maximum Gasteiger partial charge on any atom is 0.309 e. The molecule has 1 amide bonds. The van der Waals surface area contributed by atoms with Crippen LogP contribution in [-0.4, -0.2) is 13.0 Å². The second kappa shape index (κ2) is 7.56. The molecule has 0 saturated carbocycles. The topological polar surface area (TPSA) is 38.3 Å². The first-order chi connectivity index (χ1) is 9.79. The van der Waals surface area contributed by atoms with E-state index in [1.165, 1.54) is 0 Å². The van der Waals surface area contributed by atoms with Crippen molar-refractivity contribution in [3.63, 3.8) is 0 Å². The van der Waals surface area contributed by atoms with Crippen molar-refractivity contribution in [1.82, 2.24) is 5.32 Å². The summed E-state index contributed by atoms with van der Waals surface area (Å²) in [7, 11) is 0. The van der Waals surface area contributed by atoms with Crippen molar-refractivity contribution >= 4 is 18.0 Å². The van der Waals surface area contributed by atoms with Gasteiger partial charge in [-0.1, -0.05) is 41.9 Å². The smallest absolute Gasteiger partial charge is 0.309 e. The second-order valence-corrected chi connectivity index (χ2v) is 4.74. The lowest BCUT2D eigenvalue weighted by Gasteiger charge is -2.12. The highest BCUT2D eigenvalue weighted by atomic mass is 35.5. The van der Waals surface area contributed by atoms with Crippen molar-refractivity contribution < 1.29 is 9.53 Å². The van der Waals surface area contributed by atoms with Gasteiger partial charge in [-0.25, -0.2) is 0 Å². The summed E-state index contributed by atoms with van der Waals surface area (Å²) in [5.41, 5.74) is 2.07. The number of benzene rings is 2. The van der Waals surface area contributed by atoms with Gasteiger partial charge in [0.1, 0.15) is 12.4 Å². The Kier molecular flexibility index (Phi) is 5.44. The molecule has 0 aromatic heterocycles. The first-order valence-corrected chi connectivity index (χ1v) is 6.72. The first-order valence-electron chi connectivity index (χ1n) is 6.35. The fourth-order valence-electron chi connectivity index (χ4n) is 1.87. The summed E-state index contributed by atoms with van der Waals surface area (Å²) in [6.45, 7) is 1.01. The average molecular weight is 289 g/mol. The lowest BCUT2D eigenvalue weighted by atomic mass is 10.1. The fourth-order valence-corrected chi connectivity index (χ4v) is 2.06. The second-order valence-electron chi connectivity index (χ2n) is 4.31. The predicted molar refractivity (Wildman–Crippen MR) is 79.6 cm³/mol. The SMILES string of the molecule is O=[C]NCCc1cc(Cl)ccc1OCc1ccccc1. The summed E-state index contributed by atoms with van der Waals surface area (Å²) in [5.74, 6) is 0.783. The van der Waals surface area contributed by atoms with E-state index in [9.17, 15) is 4.79 Å². The number of halogens is 1. The maximum absolute atomic E-state index is 10.2. The van der Waals surface area contributed by atoms with Gasteiger partial charge in [-0.2, -0.15) is 0 Å². The number of rotatable bonds is 7. The van der Waals surface area contributed by atoms with Crippen LogP contribution in [0.2, 0.25) is 5.02 Å². The summed E-state index contributed by atoms with van der Waals surface area (Å²) in [5, 5.41) is 3.17. The zero-order valence-electron chi connectivity index (χ0n) is 10.9. The highest BCUT2D eigenvalue weighted by Gasteiger charge is 2.05. The number of ether oxygens (including phenoxy) is 1. The van der Waals surface area contributed by atoms with Crippen LogP contribution in [-0.2, 0) is 17.8 Å². The van der Waals surface area contributed by atoms with Crippen LogP contribution in [0.1, 0.15) is 11.1 Å². The van der Waals surface area contributed by atoms with Gasteiger partial charge in [-0.05, 0) is 35.7 Å². The molecule has 0 atom stereocenters. The van der Waals surface area contributed by atoms with Gasteiger partial charge in [0.15, 0.2) is 0 Å². The van der Waals surface area contributed by atoms with Crippen LogP contribution in [0.5, 0.6) is 5.75 Å². The van der Waals surface area contributed by atoms with Gasteiger partial charge in [0.2, 0.25) is 0 Å². The molecule has 0 aliphatic carbocycles. The van der Waals surface area contributed by atoms with Gasteiger partial charge in [0, 0.05) is 11.6 Å². The molecule has 4 heteroatoms. The zero-order valence-corrected chi connectivity index (χ0v) is 11.7. The third-order valence-electron chi connectivity index (χ3n) is 2.85. The summed E-state index contributed by atoms with van der Waals surface area (Å²) >= 11 is 5.99. The highest BCUT2D eigenvalue weighted by molar-refractivity contribution is 6.30. The van der Waals surface area contributed by atoms with Gasteiger partial charge < -0.3 is 10.1 Å². The van der Waals surface area contributed by atoms with Crippen LogP contribution in [0, 0.1) is 0 Å². The third kappa shape index (κ3) is 4.28. The quantitative estimate of drug-likeness (QED) is 0.628. The molecule has 0 spiro atoms. The van der Waals surface area contributed by atoms with E-state index < -0.39 is 0 Å². The van der Waals surface area contributed by atoms with Crippen LogP contribution in [0.25, 0.3) is 0 Å². The largest absolute Gasteiger partial charge is 0.489 e. The van der Waals surface area contributed by atoms with E-state index in [0.717, 1.165) is 16.9 Å². The van der Waals surface area contributed by atoms with E-state index in [4.69, 9.17) is 16.3 Å². The predicted octanol–water partition coefficient (Wildman–Crippen LogP) is 3.12. The molecule has 2 aromatic rings. The molecule has 2 aromatic carbocycles. The minimum absolute atomic E-state index is 0.503. The lowest BCUT2D eigenvalue weighted by Crippen LogP contribution is -2.14. The normalized spacial score (nSPS) is 10.1. The van der Waals surface area contributed by atoms with Crippen molar-refractivity contribution in [3.05, 3.63) is 64.7 Å². The molecule has 1 N–H and O–H groups in total. The minimum Gasteiger partial charge on any atom is -0.489 e. The summed E-state index contributed by atoms with van der Waals surface area (Å²) in [6, 6.07) is 15.5. The number of carbonyl (C=O) groups excluding carboxylic acids is 1. The molecule has 0 fully saturated rings. The van der Waals surface area contributed by atoms with E-state index in [1.807, 2.05) is 42.5 Å². The molecule has 1 radical (unpaired) electrons. The molecule has 20 heavy (non-hydrogen) atoms. The molecule has 0 aliphatic rings. The van der Waals surface area contributed by atoms with E-state index in [-0.39, 0.29) is 0 Å². The molecule has 0 heterocycles. The minimum atomic E-state index is 0.503. The van der Waals surface area contributed by atoms with Gasteiger partial charge >= 0.3 is 6.41 Å². The first kappa shape index (κ1) is 14.4. The van der Waals surface area contributed by atoms with Crippen molar-refractivity contribution in [1.29, 1.82) is 0 Å². The van der Waals surface area contributed by atoms with Crippen molar-refractivity contribution in [2.45, 2.75) is 13.0 Å². The summed E-state index contributed by atoms with van der Waals surface area (Å²) < 4.78 is 5.82. The Balaban J connectivity index is 2.04. The van der Waals surface area contributed by atoms with E-state index >= 15 is 0 Å². The van der Waals surface area contributed by atoms with Crippen LogP contribution in [0.3, 0.4) is 0 Å². The molecule has 103 valence electrons. The zero-order chi connectivity index (χ0) is 14.2. The van der Waals surface area contributed by atoms with Crippen LogP contribution in [0.4, 0.5) is 0 Å². The van der Waals surface area contributed by atoms with Crippen LogP contribution >= 0.6 is 11.6 Å². The van der Waals surface area contributed by atoms with E-state index in [0.29, 0.717) is 24.6 Å². The molecular weight excluding hydrogens is 274 g/mol. The highest BCUT2D eigenvalue weighted by Crippen LogP contribution is 2.24. The number of amides is 1. The maximum atomic E-state index is 10.2. The Bertz CT molecular complexity index is 558. The Morgan fingerprint density at radius 2 is 1.95 bits per heavy atom. The van der Waals surface area contributed by atoms with Crippen LogP contribution in [0.15, 0.2) is 48.5 Å². The standard InChI is InChI=1S/C16H15ClNO2/c17-15-6-7-16(14(10-15)8-9-18-12-19)20-11-13-4-2-1-3-5-13/h1-7,10H,8-9,11H2,(H,18,19). The van der Waals surface area contributed by atoms with Gasteiger partial charge in [-0.3, -0.25) is 4.79 Å². The average Bonchev–Trinajstić information content (AvgIpc) is 2.48. The monoisotopic (exact) mass is 288 g/mol. The third-order valence-corrected chi connectivity index (χ3v) is 3.09. The van der Waals surface area contributed by atoms with E-state index in [1.54, 1.807) is 12.5 Å². The molecule has 2 rings (SSSR count). The summed E-state index contributed by atoms with van der Waals surface area (Å²) in [6.07, 6.45) is 2.31. The van der Waals surface area contributed by atoms with Crippen molar-refractivity contribution in [3.8, 4) is 5.75 Å². The molecule has 0 aliphatic heterocycles. The molecule has 0 bridgehead atoms. The number of hydrogen-bond donors (Lipinski definition) is 1. The lowest BCUT2D eigenvalue weighted by molar-refractivity contribution is 0.303. The molecule has 3 nitrogen and oxygen atoms in total. The Morgan fingerprint density at radius 3 is 2.70 bits per heavy atom. The van der Waals surface area contributed by atoms with Crippen LogP contribution < -0.4 is 10.1 Å². The van der Waals surface area contributed by atoms with Gasteiger partial charge in [0.25, 0.3) is 0 Å². The Hall–Kier alpha value is -2.00. The molecule has 0 saturated heterocycles. The van der Waals surface area contributed by atoms with Gasteiger partial charge in [0.05, 0.1) is 0 Å². The fraction of sp³-hybridized carbons (Fsp3) is 0.188. The van der Waals surface area contributed by atoms with E-state index in [2.05, 4.69) is 5.32 Å². The Morgan fingerprint density at radius 1 is 1.15 bits per heavy atom. The molecular formula is C16H15ClNO2. The summed E-state index contributed by atoms with van der Waals surface area (Å²) in [4.78, 5) is 10.2. The van der Waals surface area contributed by atoms with Crippen molar-refractivity contribution in [2.75, 3.05) is 6.54 Å². The Labute approximate surface area is 123 Å². The number of nitrogens with one attached hydrogen (secondary N) is 1. The number of hydrogen-bond acceptors (Lipinski definition) is 2.